The second kappa shape index (κ2) is 9.11. The van der Waals surface area contributed by atoms with E-state index in [-0.39, 0.29) is 17.1 Å². The summed E-state index contributed by atoms with van der Waals surface area (Å²) in [6.07, 6.45) is 1.40. The topological polar surface area (TPSA) is 108 Å². The van der Waals surface area contributed by atoms with Crippen molar-refractivity contribution < 1.29 is 28.4 Å². The molecular weight excluding hydrogens is 407 g/mol. The molecule has 1 atom stereocenters. The van der Waals surface area contributed by atoms with E-state index in [1.807, 2.05) is 0 Å². The minimum Gasteiger partial charge on any atom is -0.495 e. The van der Waals surface area contributed by atoms with Crippen molar-refractivity contribution in [3.8, 4) is 5.75 Å². The van der Waals surface area contributed by atoms with Crippen molar-refractivity contribution in [3.05, 3.63) is 64.0 Å². The third-order valence-corrected chi connectivity index (χ3v) is 5.53. The summed E-state index contributed by atoms with van der Waals surface area (Å²) in [7, 11) is 1.36. The number of non-ortho nitro benzene ring substituents is 1. The molecule has 2 aromatic rings. The van der Waals surface area contributed by atoms with Crippen LogP contribution in [-0.4, -0.2) is 30.0 Å². The number of carbonyl (C=O) groups excluding carboxylic acids is 2. The van der Waals surface area contributed by atoms with Gasteiger partial charge in [-0.1, -0.05) is 25.0 Å². The van der Waals surface area contributed by atoms with Gasteiger partial charge in [-0.25, -0.2) is 4.39 Å². The summed E-state index contributed by atoms with van der Waals surface area (Å²) in [6, 6.07) is 9.64. The van der Waals surface area contributed by atoms with Crippen LogP contribution in [-0.2, 0) is 19.7 Å². The first-order valence-corrected chi connectivity index (χ1v) is 9.87. The van der Waals surface area contributed by atoms with Crippen LogP contribution in [0.5, 0.6) is 5.75 Å². The summed E-state index contributed by atoms with van der Waals surface area (Å²) in [4.78, 5) is 36.1. The van der Waals surface area contributed by atoms with Gasteiger partial charge in [0.25, 0.3) is 11.6 Å². The summed E-state index contributed by atoms with van der Waals surface area (Å²) >= 11 is 0. The van der Waals surface area contributed by atoms with Gasteiger partial charge in [-0.05, 0) is 43.5 Å². The van der Waals surface area contributed by atoms with Gasteiger partial charge in [0, 0.05) is 12.1 Å². The molecule has 1 N–H and O–H groups in total. The van der Waals surface area contributed by atoms with Crippen LogP contribution in [0.3, 0.4) is 0 Å². The highest BCUT2D eigenvalue weighted by molar-refractivity contribution is 5.97. The van der Waals surface area contributed by atoms with Crippen molar-refractivity contribution in [3.63, 3.8) is 0 Å². The van der Waals surface area contributed by atoms with Crippen molar-refractivity contribution >= 4 is 23.3 Å². The highest BCUT2D eigenvalue weighted by atomic mass is 19.1. The number of carbonyl (C=O) groups is 2. The van der Waals surface area contributed by atoms with Crippen LogP contribution in [0.25, 0.3) is 0 Å². The zero-order chi connectivity index (χ0) is 22.6. The second-order valence-corrected chi connectivity index (χ2v) is 7.48. The van der Waals surface area contributed by atoms with E-state index in [9.17, 15) is 24.1 Å². The lowest BCUT2D eigenvalue weighted by Gasteiger charge is -2.28. The summed E-state index contributed by atoms with van der Waals surface area (Å²) in [6.45, 7) is 1.41. The third kappa shape index (κ3) is 4.65. The molecule has 1 saturated carbocycles. The van der Waals surface area contributed by atoms with Gasteiger partial charge >= 0.3 is 5.97 Å². The summed E-state index contributed by atoms with van der Waals surface area (Å²) in [5.74, 6) is -1.48. The number of nitro groups is 1. The number of rotatable bonds is 7. The fourth-order valence-electron chi connectivity index (χ4n) is 3.84. The van der Waals surface area contributed by atoms with Crippen LogP contribution in [0.2, 0.25) is 0 Å². The summed E-state index contributed by atoms with van der Waals surface area (Å²) in [5.41, 5.74) is -0.607. The lowest BCUT2D eigenvalue weighted by molar-refractivity contribution is -0.384. The predicted octanol–water partition coefficient (Wildman–Crippen LogP) is 4.12. The molecule has 0 aliphatic heterocycles. The van der Waals surface area contributed by atoms with Crippen LogP contribution >= 0.6 is 0 Å². The molecule has 2 aromatic carbocycles. The number of methoxy groups -OCH3 is 1. The van der Waals surface area contributed by atoms with Gasteiger partial charge < -0.3 is 14.8 Å². The van der Waals surface area contributed by atoms with E-state index in [1.165, 1.54) is 38.3 Å². The van der Waals surface area contributed by atoms with E-state index in [1.54, 1.807) is 12.1 Å². The van der Waals surface area contributed by atoms with Gasteiger partial charge in [-0.3, -0.25) is 19.7 Å². The molecule has 1 aliphatic rings. The van der Waals surface area contributed by atoms with E-state index < -0.39 is 34.1 Å². The van der Waals surface area contributed by atoms with E-state index in [2.05, 4.69) is 5.32 Å². The average molecular weight is 430 g/mol. The summed E-state index contributed by atoms with van der Waals surface area (Å²) < 4.78 is 24.4. The second-order valence-electron chi connectivity index (χ2n) is 7.48. The van der Waals surface area contributed by atoms with Gasteiger partial charge in [-0.2, -0.15) is 0 Å². The molecule has 31 heavy (non-hydrogen) atoms. The number of hydrogen-bond donors (Lipinski definition) is 1. The Hall–Kier alpha value is -3.49. The van der Waals surface area contributed by atoms with Crippen LogP contribution < -0.4 is 10.1 Å². The standard InChI is InChI=1S/C22H23FN2O6/c1-14(20(26)24-18-13-17(25(28)29)8-9-19(18)30-2)31-21(27)22(10-3-4-11-22)15-6-5-7-16(23)12-15/h5-9,12-14H,3-4,10-11H2,1-2H3,(H,24,26)/t14-/m1/s1. The highest BCUT2D eigenvalue weighted by Gasteiger charge is 2.45. The largest absolute Gasteiger partial charge is 0.495 e. The van der Waals surface area contributed by atoms with E-state index in [4.69, 9.17) is 9.47 Å². The number of halogens is 1. The molecule has 164 valence electrons. The Morgan fingerprint density at radius 1 is 1.19 bits per heavy atom. The van der Waals surface area contributed by atoms with Crippen molar-refractivity contribution in [1.29, 1.82) is 0 Å². The number of ether oxygens (including phenoxy) is 2. The quantitative estimate of drug-likeness (QED) is 0.402. The summed E-state index contributed by atoms with van der Waals surface area (Å²) in [5, 5.41) is 13.5. The zero-order valence-corrected chi connectivity index (χ0v) is 17.2. The molecule has 0 radical (unpaired) electrons. The fraction of sp³-hybridized carbons (Fsp3) is 0.364. The Balaban J connectivity index is 1.77. The first kappa shape index (κ1) is 22.2. The van der Waals surface area contributed by atoms with Gasteiger partial charge in [0.15, 0.2) is 6.10 Å². The number of nitro benzene ring substituents is 1. The first-order valence-electron chi connectivity index (χ1n) is 9.87. The number of nitrogens with zero attached hydrogens (tertiary/aromatic N) is 1. The number of esters is 1. The maximum atomic E-state index is 13.8. The molecule has 0 aromatic heterocycles. The molecule has 0 unspecified atom stereocenters. The Kier molecular flexibility index (Phi) is 6.53. The zero-order valence-electron chi connectivity index (χ0n) is 17.2. The SMILES string of the molecule is COc1ccc([N+](=O)[O-])cc1NC(=O)[C@@H](C)OC(=O)C1(c2cccc(F)c2)CCCC1. The Bertz CT molecular complexity index is 1000. The Morgan fingerprint density at radius 3 is 2.52 bits per heavy atom. The number of benzene rings is 2. The van der Waals surface area contributed by atoms with Gasteiger partial charge in [0.2, 0.25) is 0 Å². The normalized spacial score (nSPS) is 15.7. The molecule has 1 aliphatic carbocycles. The Morgan fingerprint density at radius 2 is 1.90 bits per heavy atom. The van der Waals surface area contributed by atoms with E-state index in [0.29, 0.717) is 18.4 Å². The molecular formula is C22H23FN2O6. The van der Waals surface area contributed by atoms with Crippen molar-refractivity contribution in [2.75, 3.05) is 12.4 Å². The molecule has 0 heterocycles. The number of nitrogens with one attached hydrogen (secondary N) is 1. The van der Waals surface area contributed by atoms with Gasteiger partial charge in [-0.15, -0.1) is 0 Å². The first-order chi connectivity index (χ1) is 14.8. The lowest BCUT2D eigenvalue weighted by atomic mass is 9.79. The van der Waals surface area contributed by atoms with Crippen molar-refractivity contribution in [2.45, 2.75) is 44.1 Å². The molecule has 0 saturated heterocycles. The molecule has 8 nitrogen and oxygen atoms in total. The molecule has 0 spiro atoms. The minimum absolute atomic E-state index is 0.0882. The number of amides is 1. The number of anilines is 1. The predicted molar refractivity (Wildman–Crippen MR) is 110 cm³/mol. The molecule has 1 fully saturated rings. The molecule has 1 amide bonds. The lowest BCUT2D eigenvalue weighted by Crippen LogP contribution is -2.40. The highest BCUT2D eigenvalue weighted by Crippen LogP contribution is 2.42. The van der Waals surface area contributed by atoms with Crippen LogP contribution in [0.15, 0.2) is 42.5 Å². The number of hydrogen-bond acceptors (Lipinski definition) is 6. The minimum atomic E-state index is -1.18. The van der Waals surface area contributed by atoms with Gasteiger partial charge in [0.1, 0.15) is 11.6 Å². The van der Waals surface area contributed by atoms with Crippen LogP contribution in [0.4, 0.5) is 15.8 Å². The average Bonchev–Trinajstić information content (AvgIpc) is 3.25. The van der Waals surface area contributed by atoms with Crippen molar-refractivity contribution in [1.82, 2.24) is 0 Å². The van der Waals surface area contributed by atoms with Crippen LogP contribution in [0.1, 0.15) is 38.2 Å². The van der Waals surface area contributed by atoms with E-state index in [0.717, 1.165) is 18.9 Å². The fourth-order valence-corrected chi connectivity index (χ4v) is 3.84. The maximum Gasteiger partial charge on any atom is 0.317 e. The Labute approximate surface area is 178 Å². The van der Waals surface area contributed by atoms with Gasteiger partial charge in [0.05, 0.1) is 23.1 Å². The maximum absolute atomic E-state index is 13.8. The molecule has 0 bridgehead atoms. The molecule has 3 rings (SSSR count). The smallest absolute Gasteiger partial charge is 0.317 e. The van der Waals surface area contributed by atoms with E-state index >= 15 is 0 Å². The van der Waals surface area contributed by atoms with Crippen LogP contribution in [0, 0.1) is 15.9 Å². The van der Waals surface area contributed by atoms with Crippen molar-refractivity contribution in [2.24, 2.45) is 0 Å². The molecule has 9 heteroatoms. The third-order valence-electron chi connectivity index (χ3n) is 5.53. The monoisotopic (exact) mass is 430 g/mol.